The molecule has 27 heavy (non-hydrogen) atoms. The van der Waals surface area contributed by atoms with Gasteiger partial charge in [0.05, 0.1) is 11.7 Å². The van der Waals surface area contributed by atoms with Crippen LogP contribution in [0.2, 0.25) is 5.02 Å². The fourth-order valence-corrected chi connectivity index (χ4v) is 3.53. The van der Waals surface area contributed by atoms with E-state index in [9.17, 15) is 4.79 Å². The predicted octanol–water partition coefficient (Wildman–Crippen LogP) is 3.75. The van der Waals surface area contributed by atoms with Gasteiger partial charge in [0.2, 0.25) is 0 Å². The highest BCUT2D eigenvalue weighted by Gasteiger charge is 2.34. The molecule has 3 aromatic rings. The highest BCUT2D eigenvalue weighted by Crippen LogP contribution is 2.35. The number of nitrogens with zero attached hydrogens (tertiary/aromatic N) is 2. The molecule has 2 aromatic heterocycles. The van der Waals surface area contributed by atoms with E-state index in [2.05, 4.69) is 9.97 Å². The molecule has 1 atom stereocenters. The standard InChI is InChI=1S/C20H18ClN5O/c21-15-3-1-2-12(8-15)18-6-7-26(18)20(27)17-9-13-4-5-16(14(10-22)11-23)24-19(13)25-17/h1-5,8-11,18,22H,6-7,23H2,(H,24,25)/b14-11+,22-10?. The van der Waals surface area contributed by atoms with Crippen molar-refractivity contribution < 1.29 is 4.79 Å². The van der Waals surface area contributed by atoms with E-state index in [1.54, 1.807) is 12.1 Å². The van der Waals surface area contributed by atoms with Gasteiger partial charge in [-0.1, -0.05) is 23.7 Å². The molecule has 136 valence electrons. The average molecular weight is 380 g/mol. The second kappa shape index (κ2) is 6.89. The van der Waals surface area contributed by atoms with E-state index in [-0.39, 0.29) is 11.9 Å². The van der Waals surface area contributed by atoms with Crippen LogP contribution in [0.1, 0.15) is 34.2 Å². The van der Waals surface area contributed by atoms with Crippen molar-refractivity contribution in [3.63, 3.8) is 0 Å². The molecule has 1 amide bonds. The van der Waals surface area contributed by atoms with Gasteiger partial charge in [-0.25, -0.2) is 4.98 Å². The van der Waals surface area contributed by atoms with Crippen LogP contribution in [-0.4, -0.2) is 33.5 Å². The van der Waals surface area contributed by atoms with Crippen LogP contribution in [0.15, 0.2) is 48.7 Å². The van der Waals surface area contributed by atoms with Gasteiger partial charge in [0.25, 0.3) is 5.91 Å². The zero-order chi connectivity index (χ0) is 19.0. The number of hydrogen-bond acceptors (Lipinski definition) is 4. The number of aromatic nitrogens is 2. The zero-order valence-corrected chi connectivity index (χ0v) is 15.2. The number of H-pyrrole nitrogens is 1. The van der Waals surface area contributed by atoms with Gasteiger partial charge in [0.15, 0.2) is 0 Å². The van der Waals surface area contributed by atoms with Gasteiger partial charge in [-0.05, 0) is 42.3 Å². The topological polar surface area (TPSA) is 98.9 Å². The number of rotatable bonds is 4. The van der Waals surface area contributed by atoms with Crippen molar-refractivity contribution in [3.05, 3.63) is 70.6 Å². The third-order valence-electron chi connectivity index (χ3n) is 4.85. The molecule has 0 saturated carbocycles. The van der Waals surface area contributed by atoms with Crippen LogP contribution in [-0.2, 0) is 0 Å². The molecule has 0 bridgehead atoms. The third-order valence-corrected chi connectivity index (χ3v) is 5.09. The van der Waals surface area contributed by atoms with Gasteiger partial charge < -0.3 is 21.0 Å². The van der Waals surface area contributed by atoms with Gasteiger partial charge in [0.1, 0.15) is 11.3 Å². The van der Waals surface area contributed by atoms with Crippen molar-refractivity contribution in [2.24, 2.45) is 5.73 Å². The first-order valence-electron chi connectivity index (χ1n) is 8.59. The van der Waals surface area contributed by atoms with E-state index in [4.69, 9.17) is 22.7 Å². The summed E-state index contributed by atoms with van der Waals surface area (Å²) >= 11 is 6.08. The fourth-order valence-electron chi connectivity index (χ4n) is 3.33. The number of allylic oxidation sites excluding steroid dienone is 1. The highest BCUT2D eigenvalue weighted by molar-refractivity contribution is 6.30. The molecular weight excluding hydrogens is 362 g/mol. The third kappa shape index (κ3) is 3.08. The number of aromatic amines is 1. The maximum atomic E-state index is 13.0. The maximum Gasteiger partial charge on any atom is 0.270 e. The van der Waals surface area contributed by atoms with Crippen LogP contribution in [0, 0.1) is 5.41 Å². The van der Waals surface area contributed by atoms with E-state index >= 15 is 0 Å². The van der Waals surface area contributed by atoms with Gasteiger partial charge in [0, 0.05) is 34.9 Å². The molecule has 0 radical (unpaired) electrons. The van der Waals surface area contributed by atoms with Crippen LogP contribution in [0.3, 0.4) is 0 Å². The summed E-state index contributed by atoms with van der Waals surface area (Å²) < 4.78 is 0. The number of carbonyl (C=O) groups excluding carboxylic acids is 1. The summed E-state index contributed by atoms with van der Waals surface area (Å²) in [5, 5.41) is 8.90. The summed E-state index contributed by atoms with van der Waals surface area (Å²) in [6, 6.07) is 13.1. The second-order valence-electron chi connectivity index (χ2n) is 6.44. The fraction of sp³-hybridized carbons (Fsp3) is 0.150. The highest BCUT2D eigenvalue weighted by atomic mass is 35.5. The molecule has 1 aromatic carbocycles. The van der Waals surface area contributed by atoms with Crippen LogP contribution < -0.4 is 5.73 Å². The first kappa shape index (κ1) is 17.3. The Balaban J connectivity index is 1.62. The zero-order valence-electron chi connectivity index (χ0n) is 14.4. The summed E-state index contributed by atoms with van der Waals surface area (Å²) in [6.07, 6.45) is 3.41. The normalized spacial score (nSPS) is 17.0. The Morgan fingerprint density at radius 1 is 1.33 bits per heavy atom. The van der Waals surface area contributed by atoms with Gasteiger partial charge in [-0.15, -0.1) is 0 Å². The van der Waals surface area contributed by atoms with Crippen LogP contribution in [0.5, 0.6) is 0 Å². The van der Waals surface area contributed by atoms with Crippen LogP contribution >= 0.6 is 11.6 Å². The average Bonchev–Trinajstić information content (AvgIpc) is 3.05. The van der Waals surface area contributed by atoms with Crippen molar-refractivity contribution in [3.8, 4) is 0 Å². The van der Waals surface area contributed by atoms with Gasteiger partial charge >= 0.3 is 0 Å². The summed E-state index contributed by atoms with van der Waals surface area (Å²) in [5.41, 5.74) is 8.76. The molecule has 4 N–H and O–H groups in total. The summed E-state index contributed by atoms with van der Waals surface area (Å²) in [7, 11) is 0. The van der Waals surface area contributed by atoms with Crippen LogP contribution in [0.25, 0.3) is 16.6 Å². The number of likely N-dealkylation sites (tertiary alicyclic amines) is 1. The molecule has 3 heterocycles. The minimum Gasteiger partial charge on any atom is -0.404 e. The Kier molecular flexibility index (Phi) is 4.41. The summed E-state index contributed by atoms with van der Waals surface area (Å²) in [4.78, 5) is 22.4. The first-order chi connectivity index (χ1) is 13.1. The van der Waals surface area contributed by atoms with Crippen molar-refractivity contribution in [2.75, 3.05) is 6.54 Å². The van der Waals surface area contributed by atoms with E-state index in [1.807, 2.05) is 35.2 Å². The maximum absolute atomic E-state index is 13.0. The Hall–Kier alpha value is -3.12. The van der Waals surface area contributed by atoms with E-state index in [1.165, 1.54) is 6.20 Å². The lowest BCUT2D eigenvalue weighted by atomic mass is 9.94. The summed E-state index contributed by atoms with van der Waals surface area (Å²) in [5.74, 6) is -0.0626. The number of nitrogens with two attached hydrogens (primary N) is 1. The SMILES string of the molecule is N=C/C(=C\N)c1ccc2cc(C(=O)N3CCC3c3cccc(Cl)c3)[nH]c2n1. The lowest BCUT2D eigenvalue weighted by Gasteiger charge is -2.41. The lowest BCUT2D eigenvalue weighted by molar-refractivity contribution is 0.0455. The quantitative estimate of drug-likeness (QED) is 0.602. The van der Waals surface area contributed by atoms with E-state index in [0.29, 0.717) is 34.2 Å². The Labute approximate surface area is 161 Å². The number of hydrogen-bond donors (Lipinski definition) is 3. The summed E-state index contributed by atoms with van der Waals surface area (Å²) in [6.45, 7) is 0.706. The second-order valence-corrected chi connectivity index (χ2v) is 6.88. The number of benzene rings is 1. The van der Waals surface area contributed by atoms with E-state index in [0.717, 1.165) is 23.6 Å². The van der Waals surface area contributed by atoms with Gasteiger partial charge in [-0.3, -0.25) is 4.79 Å². The Morgan fingerprint density at radius 3 is 2.85 bits per heavy atom. The molecule has 1 aliphatic heterocycles. The van der Waals surface area contributed by atoms with Crippen molar-refractivity contribution >= 4 is 40.3 Å². The Bertz CT molecular complexity index is 1070. The molecule has 6 nitrogen and oxygen atoms in total. The van der Waals surface area contributed by atoms with Crippen molar-refractivity contribution in [1.82, 2.24) is 14.9 Å². The van der Waals surface area contributed by atoms with E-state index < -0.39 is 0 Å². The Morgan fingerprint density at radius 2 is 2.19 bits per heavy atom. The molecular formula is C20H18ClN5O. The largest absolute Gasteiger partial charge is 0.404 e. The molecule has 7 heteroatoms. The van der Waals surface area contributed by atoms with Gasteiger partial charge in [-0.2, -0.15) is 0 Å². The first-order valence-corrected chi connectivity index (χ1v) is 8.97. The molecule has 1 aliphatic rings. The molecule has 1 fully saturated rings. The molecule has 4 rings (SSSR count). The number of pyridine rings is 1. The number of halogens is 1. The predicted molar refractivity (Wildman–Crippen MR) is 107 cm³/mol. The van der Waals surface area contributed by atoms with Crippen molar-refractivity contribution in [1.29, 1.82) is 5.41 Å². The smallest absolute Gasteiger partial charge is 0.270 e. The number of nitrogens with one attached hydrogen (secondary N) is 2. The minimum absolute atomic E-state index is 0.0378. The number of amides is 1. The minimum atomic E-state index is -0.0626. The monoisotopic (exact) mass is 379 g/mol. The number of fused-ring (bicyclic) bond motifs is 1. The molecule has 1 unspecified atom stereocenters. The number of carbonyl (C=O) groups is 1. The lowest BCUT2D eigenvalue weighted by Crippen LogP contribution is -2.45. The van der Waals surface area contributed by atoms with Crippen molar-refractivity contribution in [2.45, 2.75) is 12.5 Å². The molecule has 0 spiro atoms. The molecule has 1 saturated heterocycles. The molecule has 0 aliphatic carbocycles. The van der Waals surface area contributed by atoms with Crippen LogP contribution in [0.4, 0.5) is 0 Å².